The second kappa shape index (κ2) is 15.4. The quantitative estimate of drug-likeness (QED) is 0.270. The van der Waals surface area contributed by atoms with E-state index < -0.39 is 16.1 Å². The number of carbonyl (C=O) groups is 2. The molecule has 4 rings (SSSR count). The average molecular weight is 642 g/mol. The van der Waals surface area contributed by atoms with Crippen LogP contribution in [0.5, 0.6) is 11.5 Å². The smallest absolute Gasteiger partial charge is 0.243 e. The molecular weight excluding hydrogens is 602 g/mol. The first kappa shape index (κ1) is 33.3. The summed E-state index contributed by atoms with van der Waals surface area (Å²) < 4.78 is 37.9. The van der Waals surface area contributed by atoms with Crippen LogP contribution in [0, 0.1) is 0 Å². The highest BCUT2D eigenvalue weighted by Crippen LogP contribution is 2.27. The third-order valence-electron chi connectivity index (χ3n) is 7.85. The van der Waals surface area contributed by atoms with Crippen LogP contribution >= 0.6 is 11.6 Å². The molecule has 0 radical (unpaired) electrons. The van der Waals surface area contributed by atoms with Gasteiger partial charge < -0.3 is 19.7 Å². The van der Waals surface area contributed by atoms with Gasteiger partial charge in [-0.15, -0.1) is 0 Å². The molecule has 1 atom stereocenters. The van der Waals surface area contributed by atoms with Crippen LogP contribution in [-0.4, -0.2) is 69.3 Å². The summed E-state index contributed by atoms with van der Waals surface area (Å²) in [5.74, 6) is 0.807. The number of amides is 2. The van der Waals surface area contributed by atoms with Crippen molar-refractivity contribution in [1.29, 1.82) is 0 Å². The minimum absolute atomic E-state index is 0.162. The molecule has 0 spiro atoms. The van der Waals surface area contributed by atoms with Crippen LogP contribution in [0.2, 0.25) is 5.02 Å². The number of nitrogens with one attached hydrogen (secondary N) is 1. The Morgan fingerprint density at radius 3 is 2.14 bits per heavy atom. The molecule has 1 heterocycles. The van der Waals surface area contributed by atoms with Crippen molar-refractivity contribution < 1.29 is 27.5 Å². The Morgan fingerprint density at radius 1 is 0.886 bits per heavy atom. The number of benzene rings is 3. The summed E-state index contributed by atoms with van der Waals surface area (Å²) in [5, 5.41) is 3.54. The molecule has 1 N–H and O–H groups in total. The van der Waals surface area contributed by atoms with Crippen molar-refractivity contribution >= 4 is 33.4 Å². The molecule has 1 aliphatic heterocycles. The maximum Gasteiger partial charge on any atom is 0.243 e. The van der Waals surface area contributed by atoms with E-state index in [1.165, 1.54) is 4.31 Å². The van der Waals surface area contributed by atoms with Gasteiger partial charge in [0.1, 0.15) is 6.04 Å². The average Bonchev–Trinajstić information content (AvgIpc) is 3.59. The van der Waals surface area contributed by atoms with Gasteiger partial charge in [0.05, 0.1) is 19.1 Å². The molecular formula is C33H40ClN3O6S. The van der Waals surface area contributed by atoms with Gasteiger partial charge in [-0.25, -0.2) is 8.42 Å². The summed E-state index contributed by atoms with van der Waals surface area (Å²) in [5.41, 5.74) is 2.67. The Morgan fingerprint density at radius 2 is 1.50 bits per heavy atom. The van der Waals surface area contributed by atoms with Gasteiger partial charge in [-0.2, -0.15) is 4.31 Å². The van der Waals surface area contributed by atoms with Crippen molar-refractivity contribution in [2.45, 2.75) is 56.5 Å². The van der Waals surface area contributed by atoms with Gasteiger partial charge in [0.2, 0.25) is 21.8 Å². The standard InChI is InChI=1S/C33H40ClN3O6S/c1-24(33(39)35-19-18-26-10-16-30(42-2)31(22-26)43-3)37(23-27-6-12-28(34)13-7-27)32(38)17-11-25-8-14-29(15-9-25)44(40,41)36-20-4-5-21-36/h6-10,12-16,22,24H,4-5,11,17-21,23H2,1-3H3,(H,35,39)/t24-/m0/s1. The van der Waals surface area contributed by atoms with E-state index >= 15 is 0 Å². The van der Waals surface area contributed by atoms with Crippen LogP contribution in [0.3, 0.4) is 0 Å². The molecule has 0 aliphatic carbocycles. The van der Waals surface area contributed by atoms with E-state index in [1.54, 1.807) is 62.4 Å². The fraction of sp³-hybridized carbons (Fsp3) is 0.394. The normalized spacial score (nSPS) is 14.2. The van der Waals surface area contributed by atoms with Gasteiger partial charge in [0.25, 0.3) is 0 Å². The molecule has 11 heteroatoms. The predicted molar refractivity (Wildman–Crippen MR) is 170 cm³/mol. The van der Waals surface area contributed by atoms with Crippen molar-refractivity contribution in [3.8, 4) is 11.5 Å². The Balaban J connectivity index is 1.39. The van der Waals surface area contributed by atoms with Crippen LogP contribution in [0.4, 0.5) is 0 Å². The number of sulfonamides is 1. The van der Waals surface area contributed by atoms with Crippen LogP contribution in [-0.2, 0) is 39.0 Å². The number of rotatable bonds is 14. The van der Waals surface area contributed by atoms with E-state index in [0.717, 1.165) is 29.5 Å². The molecule has 1 aliphatic rings. The third-order valence-corrected chi connectivity index (χ3v) is 10.0. The van der Waals surface area contributed by atoms with E-state index in [9.17, 15) is 18.0 Å². The van der Waals surface area contributed by atoms with E-state index in [-0.39, 0.29) is 29.7 Å². The van der Waals surface area contributed by atoms with Gasteiger partial charge in [0, 0.05) is 37.6 Å². The molecule has 1 fully saturated rings. The molecule has 3 aromatic carbocycles. The Bertz CT molecular complexity index is 1520. The summed E-state index contributed by atoms with van der Waals surface area (Å²) in [6.07, 6.45) is 2.90. The summed E-state index contributed by atoms with van der Waals surface area (Å²) in [6.45, 7) is 3.44. The monoisotopic (exact) mass is 641 g/mol. The largest absolute Gasteiger partial charge is 0.493 e. The number of ether oxygens (including phenoxy) is 2. The number of hydrogen-bond acceptors (Lipinski definition) is 6. The van der Waals surface area contributed by atoms with E-state index in [4.69, 9.17) is 21.1 Å². The van der Waals surface area contributed by atoms with Gasteiger partial charge in [-0.3, -0.25) is 9.59 Å². The van der Waals surface area contributed by atoms with Gasteiger partial charge in [-0.1, -0.05) is 41.9 Å². The Kier molecular flexibility index (Phi) is 11.7. The molecule has 2 amide bonds. The molecule has 0 bridgehead atoms. The molecule has 236 valence electrons. The zero-order valence-corrected chi connectivity index (χ0v) is 27.0. The lowest BCUT2D eigenvalue weighted by molar-refractivity contribution is -0.140. The lowest BCUT2D eigenvalue weighted by atomic mass is 10.1. The first-order valence-corrected chi connectivity index (χ1v) is 16.6. The van der Waals surface area contributed by atoms with Crippen LogP contribution in [0.15, 0.2) is 71.6 Å². The fourth-order valence-electron chi connectivity index (χ4n) is 5.18. The molecule has 0 unspecified atom stereocenters. The summed E-state index contributed by atoms with van der Waals surface area (Å²) in [7, 11) is -0.345. The molecule has 3 aromatic rings. The van der Waals surface area contributed by atoms with Crippen molar-refractivity contribution in [3.63, 3.8) is 0 Å². The molecule has 0 aromatic heterocycles. The van der Waals surface area contributed by atoms with Gasteiger partial charge in [0.15, 0.2) is 11.5 Å². The minimum Gasteiger partial charge on any atom is -0.493 e. The zero-order valence-electron chi connectivity index (χ0n) is 25.4. The van der Waals surface area contributed by atoms with Crippen LogP contribution in [0.1, 0.15) is 42.9 Å². The zero-order chi connectivity index (χ0) is 31.7. The molecule has 44 heavy (non-hydrogen) atoms. The molecule has 9 nitrogen and oxygen atoms in total. The maximum atomic E-state index is 13.6. The third kappa shape index (κ3) is 8.52. The highest BCUT2D eigenvalue weighted by Gasteiger charge is 2.28. The van der Waals surface area contributed by atoms with E-state index in [1.807, 2.05) is 30.3 Å². The minimum atomic E-state index is -3.50. The lowest BCUT2D eigenvalue weighted by Gasteiger charge is -2.29. The molecule has 1 saturated heterocycles. The molecule has 0 saturated carbocycles. The fourth-order valence-corrected chi connectivity index (χ4v) is 6.83. The van der Waals surface area contributed by atoms with E-state index in [0.29, 0.717) is 49.0 Å². The first-order chi connectivity index (χ1) is 21.1. The van der Waals surface area contributed by atoms with Crippen molar-refractivity contribution in [2.24, 2.45) is 0 Å². The number of nitrogens with zero attached hydrogens (tertiary/aromatic N) is 2. The summed E-state index contributed by atoms with van der Waals surface area (Å²) in [6, 6.07) is 18.8. The second-order valence-corrected chi connectivity index (χ2v) is 13.2. The first-order valence-electron chi connectivity index (χ1n) is 14.7. The topological polar surface area (TPSA) is 105 Å². The number of halogens is 1. The number of carbonyl (C=O) groups excluding carboxylic acids is 2. The van der Waals surface area contributed by atoms with Gasteiger partial charge in [-0.05, 0) is 85.7 Å². The predicted octanol–water partition coefficient (Wildman–Crippen LogP) is 4.85. The van der Waals surface area contributed by atoms with E-state index in [2.05, 4.69) is 5.32 Å². The number of methoxy groups -OCH3 is 2. The van der Waals surface area contributed by atoms with Crippen LogP contribution < -0.4 is 14.8 Å². The van der Waals surface area contributed by atoms with Crippen molar-refractivity contribution in [1.82, 2.24) is 14.5 Å². The Labute approximate surface area is 265 Å². The SMILES string of the molecule is COc1ccc(CCNC(=O)[C@H](C)N(Cc2ccc(Cl)cc2)C(=O)CCc2ccc(S(=O)(=O)N3CCCC3)cc2)cc1OC. The van der Waals surface area contributed by atoms with Gasteiger partial charge >= 0.3 is 0 Å². The summed E-state index contributed by atoms with van der Waals surface area (Å²) >= 11 is 6.06. The lowest BCUT2D eigenvalue weighted by Crippen LogP contribution is -2.48. The van der Waals surface area contributed by atoms with Crippen LogP contribution in [0.25, 0.3) is 0 Å². The summed E-state index contributed by atoms with van der Waals surface area (Å²) in [4.78, 5) is 28.6. The Hall–Kier alpha value is -3.60. The van der Waals surface area contributed by atoms with Crippen molar-refractivity contribution in [2.75, 3.05) is 33.9 Å². The van der Waals surface area contributed by atoms with Crippen molar-refractivity contribution in [3.05, 3.63) is 88.4 Å². The number of aryl methyl sites for hydroxylation is 1. The highest BCUT2D eigenvalue weighted by atomic mass is 35.5. The highest BCUT2D eigenvalue weighted by molar-refractivity contribution is 7.89. The second-order valence-electron chi connectivity index (χ2n) is 10.8. The maximum absolute atomic E-state index is 13.6. The number of hydrogen-bond donors (Lipinski definition) is 1.